The number of nitrogens with two attached hydrogens (primary N) is 1. The number of halogens is 1. The van der Waals surface area contributed by atoms with E-state index in [0.29, 0.717) is 6.54 Å². The van der Waals surface area contributed by atoms with Gasteiger partial charge >= 0.3 is 0 Å². The summed E-state index contributed by atoms with van der Waals surface area (Å²) < 4.78 is 1.81. The van der Waals surface area contributed by atoms with Crippen molar-refractivity contribution in [2.75, 3.05) is 20.1 Å². The lowest BCUT2D eigenvalue weighted by atomic mass is 9.93. The van der Waals surface area contributed by atoms with Crippen LogP contribution in [0.4, 0.5) is 0 Å². The van der Waals surface area contributed by atoms with Crippen LogP contribution in [0.25, 0.3) is 0 Å². The third-order valence-corrected chi connectivity index (χ3v) is 3.00. The minimum absolute atomic E-state index is 0.125. The predicted octanol–water partition coefficient (Wildman–Crippen LogP) is 1.49. The first-order valence-corrected chi connectivity index (χ1v) is 5.78. The lowest BCUT2D eigenvalue weighted by Crippen LogP contribution is -2.36. The van der Waals surface area contributed by atoms with Gasteiger partial charge in [0.05, 0.1) is 16.9 Å². The fourth-order valence-corrected chi connectivity index (χ4v) is 1.95. The number of hydrogen-bond donors (Lipinski definition) is 1. The molecule has 0 aliphatic carbocycles. The molecule has 5 heteroatoms. The van der Waals surface area contributed by atoms with Gasteiger partial charge in [-0.3, -0.25) is 9.58 Å². The molecule has 4 nitrogen and oxygen atoms in total. The van der Waals surface area contributed by atoms with E-state index >= 15 is 0 Å². The number of hydrogen-bond acceptors (Lipinski definition) is 3. The highest BCUT2D eigenvalue weighted by molar-refractivity contribution is 6.31. The van der Waals surface area contributed by atoms with Gasteiger partial charge < -0.3 is 5.73 Å². The molecule has 16 heavy (non-hydrogen) atoms. The van der Waals surface area contributed by atoms with E-state index in [4.69, 9.17) is 17.3 Å². The van der Waals surface area contributed by atoms with Crippen molar-refractivity contribution in [1.82, 2.24) is 14.7 Å². The van der Waals surface area contributed by atoms with E-state index in [9.17, 15) is 0 Å². The molecule has 1 aromatic rings. The van der Waals surface area contributed by atoms with Gasteiger partial charge in [0.15, 0.2) is 0 Å². The Morgan fingerprint density at radius 3 is 2.62 bits per heavy atom. The predicted molar refractivity (Wildman–Crippen MR) is 67.4 cm³/mol. The molecule has 0 amide bonds. The molecule has 0 radical (unpaired) electrons. The zero-order valence-electron chi connectivity index (χ0n) is 10.5. The Hall–Kier alpha value is -0.580. The Balaban J connectivity index is 2.62. The normalized spacial score (nSPS) is 12.4. The third-order valence-electron chi connectivity index (χ3n) is 2.68. The molecule has 0 spiro atoms. The van der Waals surface area contributed by atoms with Crippen molar-refractivity contribution in [1.29, 1.82) is 0 Å². The second kappa shape index (κ2) is 5.17. The topological polar surface area (TPSA) is 47.1 Å². The Bertz CT molecular complexity index is 326. The van der Waals surface area contributed by atoms with Gasteiger partial charge in [-0.1, -0.05) is 25.4 Å². The molecule has 0 aliphatic rings. The van der Waals surface area contributed by atoms with Crippen molar-refractivity contribution in [3.8, 4) is 0 Å². The highest BCUT2D eigenvalue weighted by Gasteiger charge is 2.19. The minimum atomic E-state index is 0.125. The average molecular weight is 245 g/mol. The van der Waals surface area contributed by atoms with Crippen molar-refractivity contribution in [2.45, 2.75) is 20.4 Å². The van der Waals surface area contributed by atoms with Crippen molar-refractivity contribution in [3.05, 3.63) is 16.9 Å². The summed E-state index contributed by atoms with van der Waals surface area (Å²) in [4.78, 5) is 2.22. The molecule has 1 rings (SSSR count). The minimum Gasteiger partial charge on any atom is -0.330 e. The van der Waals surface area contributed by atoms with Crippen LogP contribution in [0, 0.1) is 5.41 Å². The summed E-state index contributed by atoms with van der Waals surface area (Å²) in [5, 5.41) is 4.84. The van der Waals surface area contributed by atoms with Gasteiger partial charge in [0, 0.05) is 20.1 Å². The molecule has 0 aromatic carbocycles. The van der Waals surface area contributed by atoms with E-state index in [2.05, 4.69) is 30.9 Å². The molecule has 92 valence electrons. The summed E-state index contributed by atoms with van der Waals surface area (Å²) >= 11 is 6.06. The van der Waals surface area contributed by atoms with Crippen LogP contribution in [0.1, 0.15) is 19.5 Å². The van der Waals surface area contributed by atoms with Crippen molar-refractivity contribution >= 4 is 11.6 Å². The summed E-state index contributed by atoms with van der Waals surface area (Å²) in [6, 6.07) is 0. The number of aryl methyl sites for hydroxylation is 1. The number of aromatic nitrogens is 2. The standard InChI is InChI=1S/C11H21ClN4/c1-11(2,7-13)8-15(3)6-10-9(12)5-14-16(10)4/h5H,6-8,13H2,1-4H3. The van der Waals surface area contributed by atoms with Crippen LogP contribution in [0.3, 0.4) is 0 Å². The van der Waals surface area contributed by atoms with Crippen molar-refractivity contribution < 1.29 is 0 Å². The van der Waals surface area contributed by atoms with Gasteiger partial charge in [-0.05, 0) is 19.0 Å². The van der Waals surface area contributed by atoms with Crippen LogP contribution in [-0.2, 0) is 13.6 Å². The molecule has 1 aromatic heterocycles. The van der Waals surface area contributed by atoms with Crippen molar-refractivity contribution in [2.24, 2.45) is 18.2 Å². The Labute approximate surface area is 102 Å². The molecule has 0 unspecified atom stereocenters. The van der Waals surface area contributed by atoms with E-state index in [-0.39, 0.29) is 5.41 Å². The Kier molecular flexibility index (Phi) is 4.35. The molecule has 0 bridgehead atoms. The maximum absolute atomic E-state index is 6.06. The molecule has 1 heterocycles. The lowest BCUT2D eigenvalue weighted by Gasteiger charge is -2.29. The van der Waals surface area contributed by atoms with Crippen molar-refractivity contribution in [3.63, 3.8) is 0 Å². The second-order valence-corrected chi connectivity index (χ2v) is 5.51. The van der Waals surface area contributed by atoms with Gasteiger partial charge in [0.1, 0.15) is 0 Å². The van der Waals surface area contributed by atoms with Gasteiger partial charge in [-0.2, -0.15) is 5.10 Å². The molecule has 2 N–H and O–H groups in total. The van der Waals surface area contributed by atoms with Crippen LogP contribution in [-0.4, -0.2) is 34.8 Å². The summed E-state index contributed by atoms with van der Waals surface area (Å²) in [5.74, 6) is 0. The van der Waals surface area contributed by atoms with E-state index in [1.807, 2.05) is 11.7 Å². The summed E-state index contributed by atoms with van der Waals surface area (Å²) in [5.41, 5.74) is 6.88. The van der Waals surface area contributed by atoms with Gasteiger partial charge in [-0.25, -0.2) is 0 Å². The van der Waals surface area contributed by atoms with Gasteiger partial charge in [-0.15, -0.1) is 0 Å². The fraction of sp³-hybridized carbons (Fsp3) is 0.727. The Morgan fingerprint density at radius 1 is 1.56 bits per heavy atom. The molecule has 0 saturated heterocycles. The first-order chi connectivity index (χ1) is 7.35. The molecule has 0 aliphatic heterocycles. The first-order valence-electron chi connectivity index (χ1n) is 5.41. The van der Waals surface area contributed by atoms with E-state index in [1.165, 1.54) is 0 Å². The van der Waals surface area contributed by atoms with Crippen LogP contribution in [0.15, 0.2) is 6.20 Å². The van der Waals surface area contributed by atoms with Gasteiger partial charge in [0.25, 0.3) is 0 Å². The quantitative estimate of drug-likeness (QED) is 0.854. The van der Waals surface area contributed by atoms with E-state index in [0.717, 1.165) is 23.8 Å². The molecular weight excluding hydrogens is 224 g/mol. The van der Waals surface area contributed by atoms with E-state index in [1.54, 1.807) is 6.20 Å². The van der Waals surface area contributed by atoms with Crippen LogP contribution in [0.5, 0.6) is 0 Å². The molecular formula is C11H21ClN4. The smallest absolute Gasteiger partial charge is 0.0831 e. The highest BCUT2D eigenvalue weighted by Crippen LogP contribution is 2.19. The highest BCUT2D eigenvalue weighted by atomic mass is 35.5. The van der Waals surface area contributed by atoms with Crippen LogP contribution in [0.2, 0.25) is 5.02 Å². The molecule has 0 atom stereocenters. The maximum Gasteiger partial charge on any atom is 0.0831 e. The summed E-state index contributed by atoms with van der Waals surface area (Å²) in [6.07, 6.45) is 1.68. The zero-order chi connectivity index (χ0) is 12.3. The monoisotopic (exact) mass is 244 g/mol. The first kappa shape index (κ1) is 13.5. The average Bonchev–Trinajstić information content (AvgIpc) is 2.49. The second-order valence-electron chi connectivity index (χ2n) is 5.10. The van der Waals surface area contributed by atoms with Crippen LogP contribution < -0.4 is 5.73 Å². The largest absolute Gasteiger partial charge is 0.330 e. The fourth-order valence-electron chi connectivity index (χ4n) is 1.72. The maximum atomic E-state index is 6.06. The summed E-state index contributed by atoms with van der Waals surface area (Å²) in [7, 11) is 3.98. The summed E-state index contributed by atoms with van der Waals surface area (Å²) in [6.45, 7) is 6.73. The molecule has 0 fully saturated rings. The van der Waals surface area contributed by atoms with E-state index < -0.39 is 0 Å². The third kappa shape index (κ3) is 3.47. The Morgan fingerprint density at radius 2 is 2.19 bits per heavy atom. The number of nitrogens with zero attached hydrogens (tertiary/aromatic N) is 3. The lowest BCUT2D eigenvalue weighted by molar-refractivity contribution is 0.206. The molecule has 0 saturated carbocycles. The SMILES string of the molecule is CN(Cc1c(Cl)cnn1C)CC(C)(C)CN. The number of rotatable bonds is 5. The zero-order valence-corrected chi connectivity index (χ0v) is 11.3. The van der Waals surface area contributed by atoms with Gasteiger partial charge in [0.2, 0.25) is 0 Å². The van der Waals surface area contributed by atoms with Crippen LogP contribution >= 0.6 is 11.6 Å².